The number of piperidine rings is 1. The first-order valence-corrected chi connectivity index (χ1v) is 8.32. The molecule has 2 aromatic heterocycles. The van der Waals surface area contributed by atoms with Crippen molar-refractivity contribution in [3.63, 3.8) is 0 Å². The number of thiazole rings is 1. The predicted molar refractivity (Wildman–Crippen MR) is 76.3 cm³/mol. The summed E-state index contributed by atoms with van der Waals surface area (Å²) in [5.41, 5.74) is 2.59. The lowest BCUT2D eigenvalue weighted by Crippen LogP contribution is -2.44. The first-order chi connectivity index (χ1) is 9.90. The summed E-state index contributed by atoms with van der Waals surface area (Å²) in [5.74, 6) is 2.17. The van der Waals surface area contributed by atoms with Crippen LogP contribution in [0, 0.1) is 5.92 Å². The molecule has 0 spiro atoms. The van der Waals surface area contributed by atoms with Gasteiger partial charge in [-0.25, -0.2) is 4.98 Å². The average molecular weight is 290 g/mol. The molecule has 2 aromatic rings. The van der Waals surface area contributed by atoms with Gasteiger partial charge in [0.2, 0.25) is 11.7 Å². The van der Waals surface area contributed by atoms with Gasteiger partial charge < -0.3 is 9.84 Å². The van der Waals surface area contributed by atoms with Gasteiger partial charge in [0.1, 0.15) is 5.69 Å². The molecular weight excluding hydrogens is 272 g/mol. The minimum atomic E-state index is 0.217. The summed E-state index contributed by atoms with van der Waals surface area (Å²) in [5, 5.41) is 9.72. The SMILES string of the molecule is c1nc(-c2noc(C3CCC4CCCCC4N3)n2)cs1. The third-order valence-electron chi connectivity index (χ3n) is 4.55. The van der Waals surface area contributed by atoms with Gasteiger partial charge in [-0.15, -0.1) is 11.3 Å². The Kier molecular flexibility index (Phi) is 3.28. The molecule has 2 fully saturated rings. The molecule has 1 saturated carbocycles. The normalized spacial score (nSPS) is 30.1. The molecule has 0 radical (unpaired) electrons. The second-order valence-corrected chi connectivity index (χ2v) is 6.50. The molecule has 1 aliphatic heterocycles. The Hall–Kier alpha value is -1.27. The average Bonchev–Trinajstić information content (AvgIpc) is 3.17. The maximum atomic E-state index is 5.45. The van der Waals surface area contributed by atoms with Crippen LogP contribution in [0.3, 0.4) is 0 Å². The van der Waals surface area contributed by atoms with E-state index in [9.17, 15) is 0 Å². The molecule has 20 heavy (non-hydrogen) atoms. The number of rotatable bonds is 2. The number of hydrogen-bond donors (Lipinski definition) is 1. The van der Waals surface area contributed by atoms with E-state index in [0.717, 1.165) is 23.9 Å². The van der Waals surface area contributed by atoms with Gasteiger partial charge in [-0.05, 0) is 31.6 Å². The van der Waals surface area contributed by atoms with E-state index in [4.69, 9.17) is 4.52 Å². The van der Waals surface area contributed by atoms with Crippen LogP contribution in [0.2, 0.25) is 0 Å². The van der Waals surface area contributed by atoms with Crippen molar-refractivity contribution < 1.29 is 4.52 Å². The van der Waals surface area contributed by atoms with Crippen LogP contribution in [-0.4, -0.2) is 21.2 Å². The summed E-state index contributed by atoms with van der Waals surface area (Å²) in [6.45, 7) is 0. The molecule has 3 unspecified atom stereocenters. The molecule has 5 nitrogen and oxygen atoms in total. The van der Waals surface area contributed by atoms with E-state index in [1.807, 2.05) is 5.38 Å². The zero-order valence-electron chi connectivity index (χ0n) is 11.3. The summed E-state index contributed by atoms with van der Waals surface area (Å²) < 4.78 is 5.45. The topological polar surface area (TPSA) is 63.8 Å². The van der Waals surface area contributed by atoms with Crippen LogP contribution in [0.1, 0.15) is 50.5 Å². The largest absolute Gasteiger partial charge is 0.337 e. The minimum Gasteiger partial charge on any atom is -0.337 e. The quantitative estimate of drug-likeness (QED) is 0.920. The van der Waals surface area contributed by atoms with Gasteiger partial charge in [0.05, 0.1) is 11.6 Å². The van der Waals surface area contributed by atoms with Crippen LogP contribution < -0.4 is 5.32 Å². The zero-order chi connectivity index (χ0) is 13.4. The van der Waals surface area contributed by atoms with Crippen molar-refractivity contribution in [2.24, 2.45) is 5.92 Å². The summed E-state index contributed by atoms with van der Waals surface area (Å²) >= 11 is 1.55. The van der Waals surface area contributed by atoms with Crippen LogP contribution in [-0.2, 0) is 0 Å². The molecule has 4 rings (SSSR count). The number of fused-ring (bicyclic) bond motifs is 1. The molecule has 6 heteroatoms. The third-order valence-corrected chi connectivity index (χ3v) is 5.14. The van der Waals surface area contributed by atoms with Gasteiger partial charge in [-0.1, -0.05) is 18.0 Å². The molecule has 0 aromatic carbocycles. The first-order valence-electron chi connectivity index (χ1n) is 7.38. The van der Waals surface area contributed by atoms with E-state index in [1.54, 1.807) is 16.8 Å². The van der Waals surface area contributed by atoms with Gasteiger partial charge in [-0.3, -0.25) is 0 Å². The van der Waals surface area contributed by atoms with Crippen LogP contribution >= 0.6 is 11.3 Å². The third kappa shape index (κ3) is 2.27. The number of nitrogens with one attached hydrogen (secondary N) is 1. The maximum absolute atomic E-state index is 5.45. The van der Waals surface area contributed by atoms with Crippen LogP contribution in [0.4, 0.5) is 0 Å². The van der Waals surface area contributed by atoms with Crippen LogP contribution in [0.25, 0.3) is 11.5 Å². The van der Waals surface area contributed by atoms with E-state index in [2.05, 4.69) is 20.4 Å². The lowest BCUT2D eigenvalue weighted by molar-refractivity contribution is 0.158. The van der Waals surface area contributed by atoms with Gasteiger partial charge in [-0.2, -0.15) is 4.98 Å². The molecule has 3 heterocycles. The zero-order valence-corrected chi connectivity index (χ0v) is 12.1. The predicted octanol–water partition coefficient (Wildman–Crippen LogP) is 3.18. The number of aromatic nitrogens is 3. The van der Waals surface area contributed by atoms with Gasteiger partial charge in [0.15, 0.2) is 0 Å². The molecule has 106 valence electrons. The molecule has 1 aliphatic carbocycles. The van der Waals surface area contributed by atoms with Crippen molar-refractivity contribution in [2.45, 2.75) is 50.6 Å². The first kappa shape index (κ1) is 12.5. The van der Waals surface area contributed by atoms with Crippen LogP contribution in [0.5, 0.6) is 0 Å². The Morgan fingerprint density at radius 1 is 1.20 bits per heavy atom. The fraction of sp³-hybridized carbons (Fsp3) is 0.643. The van der Waals surface area contributed by atoms with Crippen molar-refractivity contribution in [2.75, 3.05) is 0 Å². The highest BCUT2D eigenvalue weighted by Crippen LogP contribution is 2.36. The second-order valence-electron chi connectivity index (χ2n) is 5.78. The van der Waals surface area contributed by atoms with E-state index >= 15 is 0 Å². The molecule has 1 N–H and O–H groups in total. The van der Waals surface area contributed by atoms with E-state index in [0.29, 0.717) is 11.9 Å². The maximum Gasteiger partial charge on any atom is 0.244 e. The van der Waals surface area contributed by atoms with Gasteiger partial charge in [0, 0.05) is 11.4 Å². The second kappa shape index (κ2) is 5.26. The lowest BCUT2D eigenvalue weighted by Gasteiger charge is -2.39. The Labute approximate surface area is 121 Å². The Bertz CT molecular complexity index is 568. The Morgan fingerprint density at radius 2 is 2.15 bits per heavy atom. The molecule has 0 bridgehead atoms. The monoisotopic (exact) mass is 290 g/mol. The van der Waals surface area contributed by atoms with E-state index < -0.39 is 0 Å². The molecule has 2 aliphatic rings. The number of nitrogens with zero attached hydrogens (tertiary/aromatic N) is 3. The molecule has 3 atom stereocenters. The smallest absolute Gasteiger partial charge is 0.244 e. The molecule has 0 amide bonds. The standard InChI is InChI=1S/C14H18N4OS/c1-2-4-10-9(3-1)5-6-11(16-10)14-17-13(18-19-14)12-7-20-8-15-12/h7-11,16H,1-6H2. The highest BCUT2D eigenvalue weighted by molar-refractivity contribution is 7.07. The van der Waals surface area contributed by atoms with Crippen molar-refractivity contribution in [3.8, 4) is 11.5 Å². The Balaban J connectivity index is 1.50. The fourth-order valence-electron chi connectivity index (χ4n) is 3.49. The summed E-state index contributed by atoms with van der Waals surface area (Å²) in [7, 11) is 0. The van der Waals surface area contributed by atoms with Gasteiger partial charge in [0.25, 0.3) is 0 Å². The van der Waals surface area contributed by atoms with Gasteiger partial charge >= 0.3 is 0 Å². The van der Waals surface area contributed by atoms with Crippen molar-refractivity contribution in [1.29, 1.82) is 0 Å². The Morgan fingerprint density at radius 3 is 3.05 bits per heavy atom. The van der Waals surface area contributed by atoms with Crippen molar-refractivity contribution >= 4 is 11.3 Å². The fourth-order valence-corrected chi connectivity index (χ4v) is 4.02. The van der Waals surface area contributed by atoms with Crippen molar-refractivity contribution in [3.05, 3.63) is 16.8 Å². The van der Waals surface area contributed by atoms with Crippen LogP contribution in [0.15, 0.2) is 15.4 Å². The molecular formula is C14H18N4OS. The lowest BCUT2D eigenvalue weighted by atomic mass is 9.78. The molecule has 1 saturated heterocycles. The minimum absolute atomic E-state index is 0.217. The summed E-state index contributed by atoms with van der Waals surface area (Å²) in [6, 6.07) is 0.853. The highest BCUT2D eigenvalue weighted by Gasteiger charge is 2.34. The summed E-state index contributed by atoms with van der Waals surface area (Å²) in [4.78, 5) is 8.74. The highest BCUT2D eigenvalue weighted by atomic mass is 32.1. The number of hydrogen-bond acceptors (Lipinski definition) is 6. The van der Waals surface area contributed by atoms with Crippen molar-refractivity contribution in [1.82, 2.24) is 20.4 Å². The summed E-state index contributed by atoms with van der Waals surface area (Å²) in [6.07, 6.45) is 7.76. The van der Waals surface area contributed by atoms with E-state index in [1.165, 1.54) is 32.1 Å². The van der Waals surface area contributed by atoms with E-state index in [-0.39, 0.29) is 6.04 Å².